The van der Waals surface area contributed by atoms with Gasteiger partial charge in [-0.15, -0.1) is 10.2 Å². The number of nitrogen functional groups attached to an aromatic ring is 1. The number of aromatic nitrogens is 3. The fourth-order valence-electron chi connectivity index (χ4n) is 0.780. The van der Waals surface area contributed by atoms with E-state index in [1.165, 1.54) is 18.9 Å². The van der Waals surface area contributed by atoms with Gasteiger partial charge in [0.15, 0.2) is 5.16 Å². The summed E-state index contributed by atoms with van der Waals surface area (Å²) in [6.45, 7) is 0. The molecule has 0 amide bonds. The summed E-state index contributed by atoms with van der Waals surface area (Å²) in [7, 11) is 3.14. The predicted octanol–water partition coefficient (Wildman–Crippen LogP) is 0.0525. The van der Waals surface area contributed by atoms with E-state index in [2.05, 4.69) is 14.9 Å². The van der Waals surface area contributed by atoms with Gasteiger partial charge in [0.2, 0.25) is 5.95 Å². The van der Waals surface area contributed by atoms with Gasteiger partial charge in [0, 0.05) is 12.8 Å². The van der Waals surface area contributed by atoms with E-state index in [1.54, 1.807) is 11.6 Å². The minimum Gasteiger partial charge on any atom is -0.469 e. The van der Waals surface area contributed by atoms with Crippen molar-refractivity contribution in [2.24, 2.45) is 7.05 Å². The number of hydrogen-bond donors (Lipinski definition) is 1. The van der Waals surface area contributed by atoms with E-state index >= 15 is 0 Å². The minimum atomic E-state index is -0.229. The maximum atomic E-state index is 10.8. The monoisotopic (exact) mass is 216 g/mol. The summed E-state index contributed by atoms with van der Waals surface area (Å²) in [6.07, 6.45) is 0.355. The Morgan fingerprint density at radius 1 is 1.64 bits per heavy atom. The Morgan fingerprint density at radius 3 is 2.86 bits per heavy atom. The number of anilines is 1. The van der Waals surface area contributed by atoms with Crippen molar-refractivity contribution in [1.82, 2.24) is 14.8 Å². The van der Waals surface area contributed by atoms with E-state index in [1.807, 2.05) is 0 Å². The Labute approximate surface area is 85.8 Å². The molecule has 1 heterocycles. The molecule has 0 bridgehead atoms. The quantitative estimate of drug-likeness (QED) is 0.565. The fraction of sp³-hybridized carbons (Fsp3) is 0.571. The van der Waals surface area contributed by atoms with Crippen LogP contribution in [0.2, 0.25) is 0 Å². The Kier molecular flexibility index (Phi) is 3.75. The van der Waals surface area contributed by atoms with Crippen LogP contribution in [0.15, 0.2) is 5.16 Å². The molecule has 14 heavy (non-hydrogen) atoms. The number of thioether (sulfide) groups is 1. The molecular formula is C7H12N4O2S. The van der Waals surface area contributed by atoms with Crippen LogP contribution in [0.5, 0.6) is 0 Å². The van der Waals surface area contributed by atoms with Crippen LogP contribution in [0.4, 0.5) is 5.95 Å². The maximum absolute atomic E-state index is 10.8. The SMILES string of the molecule is COC(=O)CCSc1nnc(N)n1C. The molecule has 1 rings (SSSR count). The summed E-state index contributed by atoms with van der Waals surface area (Å²) in [5, 5.41) is 8.22. The third-order valence-corrected chi connectivity index (χ3v) is 2.66. The van der Waals surface area contributed by atoms with E-state index in [0.29, 0.717) is 23.3 Å². The Morgan fingerprint density at radius 2 is 2.36 bits per heavy atom. The fourth-order valence-corrected chi connectivity index (χ4v) is 1.62. The molecule has 0 atom stereocenters. The molecule has 0 unspecified atom stereocenters. The number of nitrogens with zero attached hydrogens (tertiary/aromatic N) is 3. The van der Waals surface area contributed by atoms with Crippen molar-refractivity contribution in [2.75, 3.05) is 18.6 Å². The number of esters is 1. The molecule has 0 aromatic carbocycles. The van der Waals surface area contributed by atoms with Crippen LogP contribution >= 0.6 is 11.8 Å². The Balaban J connectivity index is 2.39. The second kappa shape index (κ2) is 4.85. The summed E-state index contributed by atoms with van der Waals surface area (Å²) >= 11 is 1.42. The first kappa shape index (κ1) is 10.8. The molecule has 0 saturated carbocycles. The summed E-state index contributed by atoms with van der Waals surface area (Å²) in [5.74, 6) is 0.747. The lowest BCUT2D eigenvalue weighted by Crippen LogP contribution is -2.02. The van der Waals surface area contributed by atoms with Gasteiger partial charge in [0.25, 0.3) is 0 Å². The minimum absolute atomic E-state index is 0.229. The summed E-state index contributed by atoms with van der Waals surface area (Å²) in [6, 6.07) is 0. The second-order valence-corrected chi connectivity index (χ2v) is 3.64. The lowest BCUT2D eigenvalue weighted by molar-refractivity contribution is -0.140. The highest BCUT2D eigenvalue weighted by Crippen LogP contribution is 2.16. The molecule has 1 aromatic rings. The topological polar surface area (TPSA) is 83.0 Å². The molecule has 7 heteroatoms. The zero-order valence-electron chi connectivity index (χ0n) is 8.06. The molecule has 6 nitrogen and oxygen atoms in total. The van der Waals surface area contributed by atoms with Crippen molar-refractivity contribution in [3.8, 4) is 0 Å². The van der Waals surface area contributed by atoms with Crippen LogP contribution in [0.25, 0.3) is 0 Å². The second-order valence-electron chi connectivity index (χ2n) is 2.57. The van der Waals surface area contributed by atoms with Gasteiger partial charge in [0.1, 0.15) is 0 Å². The zero-order valence-corrected chi connectivity index (χ0v) is 8.87. The van der Waals surface area contributed by atoms with Crippen molar-refractivity contribution in [3.05, 3.63) is 0 Å². The highest BCUT2D eigenvalue weighted by Gasteiger charge is 2.07. The normalized spacial score (nSPS) is 10.1. The molecule has 78 valence electrons. The standard InChI is InChI=1S/C7H12N4O2S/c1-11-6(8)9-10-7(11)14-4-3-5(12)13-2/h3-4H2,1-2H3,(H2,8,9). The largest absolute Gasteiger partial charge is 0.469 e. The molecular weight excluding hydrogens is 204 g/mol. The Bertz CT molecular complexity index is 325. The number of hydrogen-bond acceptors (Lipinski definition) is 6. The molecule has 0 fully saturated rings. The van der Waals surface area contributed by atoms with Crippen LogP contribution in [0.3, 0.4) is 0 Å². The van der Waals surface area contributed by atoms with Crippen molar-refractivity contribution < 1.29 is 9.53 Å². The van der Waals surface area contributed by atoms with Crippen molar-refractivity contribution in [3.63, 3.8) is 0 Å². The number of nitrogens with two attached hydrogens (primary N) is 1. The van der Waals surface area contributed by atoms with Gasteiger partial charge < -0.3 is 10.5 Å². The maximum Gasteiger partial charge on any atom is 0.306 e. The van der Waals surface area contributed by atoms with E-state index in [0.717, 1.165) is 0 Å². The van der Waals surface area contributed by atoms with Crippen LogP contribution in [-0.4, -0.2) is 33.6 Å². The van der Waals surface area contributed by atoms with Gasteiger partial charge in [-0.25, -0.2) is 0 Å². The van der Waals surface area contributed by atoms with E-state index in [4.69, 9.17) is 5.73 Å². The average molecular weight is 216 g/mol. The molecule has 0 aliphatic rings. The first-order chi connectivity index (χ1) is 6.65. The average Bonchev–Trinajstić information content (AvgIpc) is 2.49. The summed E-state index contributed by atoms with van der Waals surface area (Å²) in [5.41, 5.74) is 5.48. The Hall–Kier alpha value is -1.24. The van der Waals surface area contributed by atoms with Gasteiger partial charge in [0.05, 0.1) is 13.5 Å². The third-order valence-electron chi connectivity index (χ3n) is 1.63. The first-order valence-electron chi connectivity index (χ1n) is 3.99. The predicted molar refractivity (Wildman–Crippen MR) is 52.8 cm³/mol. The van der Waals surface area contributed by atoms with Crippen LogP contribution in [-0.2, 0) is 16.6 Å². The van der Waals surface area contributed by atoms with Crippen LogP contribution < -0.4 is 5.73 Å². The zero-order chi connectivity index (χ0) is 10.6. The molecule has 0 saturated heterocycles. The number of carbonyl (C=O) groups is 1. The molecule has 1 aromatic heterocycles. The summed E-state index contributed by atoms with van der Waals surface area (Å²) in [4.78, 5) is 10.8. The molecule has 0 aliphatic carbocycles. The third kappa shape index (κ3) is 2.63. The number of carbonyl (C=O) groups excluding carboxylic acids is 1. The van der Waals surface area contributed by atoms with Crippen molar-refractivity contribution >= 4 is 23.7 Å². The van der Waals surface area contributed by atoms with E-state index < -0.39 is 0 Å². The van der Waals surface area contributed by atoms with Gasteiger partial charge >= 0.3 is 5.97 Å². The van der Waals surface area contributed by atoms with E-state index in [9.17, 15) is 4.79 Å². The smallest absolute Gasteiger partial charge is 0.306 e. The molecule has 0 aliphatic heterocycles. The van der Waals surface area contributed by atoms with Gasteiger partial charge in [-0.05, 0) is 0 Å². The molecule has 0 spiro atoms. The van der Waals surface area contributed by atoms with Crippen molar-refractivity contribution in [2.45, 2.75) is 11.6 Å². The lowest BCUT2D eigenvalue weighted by Gasteiger charge is -2.00. The highest BCUT2D eigenvalue weighted by molar-refractivity contribution is 7.99. The highest BCUT2D eigenvalue weighted by atomic mass is 32.2. The summed E-state index contributed by atoms with van der Waals surface area (Å²) < 4.78 is 6.17. The van der Waals surface area contributed by atoms with E-state index in [-0.39, 0.29) is 5.97 Å². The molecule has 0 radical (unpaired) electrons. The number of methoxy groups -OCH3 is 1. The lowest BCUT2D eigenvalue weighted by atomic mass is 10.5. The van der Waals surface area contributed by atoms with Gasteiger partial charge in [-0.3, -0.25) is 9.36 Å². The van der Waals surface area contributed by atoms with Crippen molar-refractivity contribution in [1.29, 1.82) is 0 Å². The van der Waals surface area contributed by atoms with Gasteiger partial charge in [-0.2, -0.15) is 0 Å². The first-order valence-corrected chi connectivity index (χ1v) is 4.98. The molecule has 2 N–H and O–H groups in total. The number of ether oxygens (including phenoxy) is 1. The van der Waals surface area contributed by atoms with Crippen LogP contribution in [0, 0.1) is 0 Å². The van der Waals surface area contributed by atoms with Gasteiger partial charge in [-0.1, -0.05) is 11.8 Å². The number of rotatable bonds is 4. The van der Waals surface area contributed by atoms with Crippen LogP contribution in [0.1, 0.15) is 6.42 Å².